The Bertz CT molecular complexity index is 1290. The van der Waals surface area contributed by atoms with Crippen molar-refractivity contribution in [2.45, 2.75) is 39.5 Å². The number of esters is 1. The molecule has 5 rings (SSSR count). The molecule has 11 heteroatoms. The van der Waals surface area contributed by atoms with Crippen molar-refractivity contribution >= 4 is 34.6 Å². The summed E-state index contributed by atoms with van der Waals surface area (Å²) in [4.78, 5) is 32.6. The van der Waals surface area contributed by atoms with E-state index in [4.69, 9.17) is 15.2 Å². The zero-order valence-corrected chi connectivity index (χ0v) is 20.0. The molecule has 1 fully saturated rings. The van der Waals surface area contributed by atoms with E-state index < -0.39 is 18.1 Å². The first-order chi connectivity index (χ1) is 16.9. The van der Waals surface area contributed by atoms with Gasteiger partial charge in [-0.15, -0.1) is 0 Å². The van der Waals surface area contributed by atoms with Crippen molar-refractivity contribution in [1.82, 2.24) is 19.9 Å². The van der Waals surface area contributed by atoms with Crippen molar-refractivity contribution in [3.05, 3.63) is 41.9 Å². The van der Waals surface area contributed by atoms with Crippen LogP contribution in [0.5, 0.6) is 5.75 Å². The van der Waals surface area contributed by atoms with Crippen molar-refractivity contribution in [3.8, 4) is 5.75 Å². The van der Waals surface area contributed by atoms with Crippen molar-refractivity contribution in [3.63, 3.8) is 0 Å². The molecule has 3 N–H and O–H groups in total. The third kappa shape index (κ3) is 4.23. The lowest BCUT2D eigenvalue weighted by atomic mass is 10.1. The van der Waals surface area contributed by atoms with E-state index in [0.717, 1.165) is 42.1 Å². The van der Waals surface area contributed by atoms with Crippen LogP contribution >= 0.6 is 0 Å². The lowest BCUT2D eigenvalue weighted by Gasteiger charge is -2.34. The van der Waals surface area contributed by atoms with E-state index >= 15 is 0 Å². The standard InChI is InChI=1S/C24H29N7O4/c1-4-34-20-13-30-16(9-14(2)28-30)10-19(20)31-21(35-24(33)22(25)32)11-17-18(5-6-27-23(17)31)29-8-7-26-15(3)12-29/h5-6,9-10,13,15,21,26H,4,7-8,11-12H2,1-3H3,(H2,25,32)/t15-,21?/m0/s1. The van der Waals surface area contributed by atoms with E-state index in [1.807, 2.05) is 36.9 Å². The van der Waals surface area contributed by atoms with E-state index in [2.05, 4.69) is 27.2 Å². The molecule has 1 saturated heterocycles. The zero-order valence-electron chi connectivity index (χ0n) is 20.0. The molecule has 0 bridgehead atoms. The maximum Gasteiger partial charge on any atom is 0.398 e. The molecule has 1 amide bonds. The summed E-state index contributed by atoms with van der Waals surface area (Å²) < 4.78 is 13.3. The summed E-state index contributed by atoms with van der Waals surface area (Å²) in [6.45, 7) is 8.94. The fourth-order valence-electron chi connectivity index (χ4n) is 4.86. The minimum Gasteiger partial charge on any atom is -0.490 e. The van der Waals surface area contributed by atoms with Gasteiger partial charge in [0.05, 0.1) is 29.7 Å². The number of fused-ring (bicyclic) bond motifs is 2. The number of rotatable bonds is 5. The van der Waals surface area contributed by atoms with Crippen LogP contribution in [0, 0.1) is 6.92 Å². The van der Waals surface area contributed by atoms with Crippen LogP contribution in [0.3, 0.4) is 0 Å². The number of primary amides is 1. The molecule has 0 radical (unpaired) electrons. The summed E-state index contributed by atoms with van der Waals surface area (Å²) in [5.74, 6) is -1.03. The number of hydrogen-bond donors (Lipinski definition) is 2. The van der Waals surface area contributed by atoms with Gasteiger partial charge in [-0.1, -0.05) is 0 Å². The topological polar surface area (TPSA) is 127 Å². The maximum absolute atomic E-state index is 12.3. The lowest BCUT2D eigenvalue weighted by molar-refractivity contribution is -0.157. The molecule has 0 saturated carbocycles. The molecule has 0 aliphatic carbocycles. The molecule has 184 valence electrons. The molecule has 0 spiro atoms. The molecule has 2 aliphatic heterocycles. The van der Waals surface area contributed by atoms with Gasteiger partial charge in [-0.3, -0.25) is 9.69 Å². The smallest absolute Gasteiger partial charge is 0.398 e. The second-order valence-electron chi connectivity index (χ2n) is 8.84. The number of ether oxygens (including phenoxy) is 2. The average Bonchev–Trinajstić information content (AvgIpc) is 3.37. The monoisotopic (exact) mass is 479 g/mol. The fourth-order valence-corrected chi connectivity index (χ4v) is 4.86. The lowest BCUT2D eigenvalue weighted by Crippen LogP contribution is -2.49. The molecule has 35 heavy (non-hydrogen) atoms. The van der Waals surface area contributed by atoms with E-state index in [-0.39, 0.29) is 0 Å². The average molecular weight is 480 g/mol. The van der Waals surface area contributed by atoms with Crippen LogP contribution in [0.25, 0.3) is 5.52 Å². The van der Waals surface area contributed by atoms with Crippen molar-refractivity contribution < 1.29 is 19.1 Å². The summed E-state index contributed by atoms with van der Waals surface area (Å²) in [5, 5.41) is 7.94. The molecular formula is C24H29N7O4. The van der Waals surface area contributed by atoms with Gasteiger partial charge in [0.2, 0.25) is 0 Å². The number of piperazine rings is 1. The number of nitrogens with two attached hydrogens (primary N) is 1. The second-order valence-corrected chi connectivity index (χ2v) is 8.84. The first-order valence-corrected chi connectivity index (χ1v) is 11.7. The molecular weight excluding hydrogens is 450 g/mol. The summed E-state index contributed by atoms with van der Waals surface area (Å²) in [7, 11) is 0. The molecule has 3 aromatic rings. The first kappa shape index (κ1) is 22.9. The quantitative estimate of drug-likeness (QED) is 0.411. The number of pyridine rings is 2. The Morgan fingerprint density at radius 2 is 2.11 bits per heavy atom. The van der Waals surface area contributed by atoms with Gasteiger partial charge in [0.15, 0.2) is 12.0 Å². The van der Waals surface area contributed by atoms with E-state index in [0.29, 0.717) is 36.3 Å². The molecule has 2 aliphatic rings. The van der Waals surface area contributed by atoms with E-state index in [1.54, 1.807) is 16.9 Å². The predicted octanol–water partition coefficient (Wildman–Crippen LogP) is 1.28. The van der Waals surface area contributed by atoms with Gasteiger partial charge in [-0.25, -0.2) is 14.3 Å². The number of carbonyl (C=O) groups is 2. The number of aromatic nitrogens is 3. The van der Waals surface area contributed by atoms with E-state index in [1.165, 1.54) is 0 Å². The molecule has 11 nitrogen and oxygen atoms in total. The molecule has 1 unspecified atom stereocenters. The minimum absolute atomic E-state index is 0.339. The summed E-state index contributed by atoms with van der Waals surface area (Å²) in [6, 6.07) is 6.20. The van der Waals surface area contributed by atoms with Crippen molar-refractivity contribution in [1.29, 1.82) is 0 Å². The van der Waals surface area contributed by atoms with Crippen LogP contribution in [0.15, 0.2) is 30.6 Å². The Kier molecular flexibility index (Phi) is 5.93. The third-order valence-corrected chi connectivity index (χ3v) is 6.28. The van der Waals surface area contributed by atoms with Crippen LogP contribution in [0.2, 0.25) is 0 Å². The summed E-state index contributed by atoms with van der Waals surface area (Å²) in [5.41, 5.74) is 9.57. The van der Waals surface area contributed by atoms with Crippen LogP contribution in [-0.4, -0.2) is 65.0 Å². The predicted molar refractivity (Wildman–Crippen MR) is 130 cm³/mol. The van der Waals surface area contributed by atoms with Crippen LogP contribution < -0.4 is 25.6 Å². The van der Waals surface area contributed by atoms with Gasteiger partial charge in [0, 0.05) is 49.5 Å². The number of aryl methyl sites for hydroxylation is 1. The van der Waals surface area contributed by atoms with Gasteiger partial charge in [-0.05, 0) is 39.0 Å². The number of hydrogen-bond acceptors (Lipinski definition) is 9. The summed E-state index contributed by atoms with van der Waals surface area (Å²) >= 11 is 0. The number of nitrogens with zero attached hydrogens (tertiary/aromatic N) is 5. The van der Waals surface area contributed by atoms with E-state index in [9.17, 15) is 9.59 Å². The highest BCUT2D eigenvalue weighted by Crippen LogP contribution is 2.45. The third-order valence-electron chi connectivity index (χ3n) is 6.28. The zero-order chi connectivity index (χ0) is 24.7. The molecule has 2 atom stereocenters. The second kappa shape index (κ2) is 9.06. The highest BCUT2D eigenvalue weighted by Gasteiger charge is 2.39. The summed E-state index contributed by atoms with van der Waals surface area (Å²) in [6.07, 6.45) is 3.09. The Hall–Kier alpha value is -3.86. The maximum atomic E-state index is 12.3. The highest BCUT2D eigenvalue weighted by molar-refractivity contribution is 6.31. The SMILES string of the molecule is CCOc1cn2nc(C)cc2cc1N1c2nccc(N3CCN[C@@H](C)C3)c2CC1OC(=O)C(N)=O. The fraction of sp³-hybridized carbons (Fsp3) is 0.417. The largest absolute Gasteiger partial charge is 0.490 e. The van der Waals surface area contributed by atoms with Crippen molar-refractivity contribution in [2.24, 2.45) is 5.73 Å². The van der Waals surface area contributed by atoms with Gasteiger partial charge in [-0.2, -0.15) is 5.10 Å². The van der Waals surface area contributed by atoms with Crippen LogP contribution in [0.4, 0.5) is 17.2 Å². The van der Waals surface area contributed by atoms with Gasteiger partial charge >= 0.3 is 11.9 Å². The minimum atomic E-state index is -1.14. The normalized spacial score (nSPS) is 19.6. The number of anilines is 3. The van der Waals surface area contributed by atoms with Gasteiger partial charge in [0.25, 0.3) is 0 Å². The first-order valence-electron chi connectivity index (χ1n) is 11.7. The number of nitrogens with one attached hydrogen (secondary N) is 1. The molecule has 3 aromatic heterocycles. The number of amides is 1. The van der Waals surface area contributed by atoms with Gasteiger partial charge in [0.1, 0.15) is 5.82 Å². The number of carbonyl (C=O) groups excluding carboxylic acids is 2. The Morgan fingerprint density at radius 1 is 1.29 bits per heavy atom. The van der Waals surface area contributed by atoms with Crippen LogP contribution in [0.1, 0.15) is 25.1 Å². The Balaban J connectivity index is 1.65. The van der Waals surface area contributed by atoms with Crippen molar-refractivity contribution in [2.75, 3.05) is 36.0 Å². The highest BCUT2D eigenvalue weighted by atomic mass is 16.6. The molecule has 5 heterocycles. The van der Waals surface area contributed by atoms with Gasteiger partial charge < -0.3 is 25.4 Å². The molecule has 0 aromatic carbocycles. The Labute approximate surface area is 202 Å². The van der Waals surface area contributed by atoms with Crippen LogP contribution in [-0.2, 0) is 20.7 Å². The Morgan fingerprint density at radius 3 is 2.86 bits per heavy atom.